The van der Waals surface area contributed by atoms with Crippen molar-refractivity contribution in [3.63, 3.8) is 0 Å². The van der Waals surface area contributed by atoms with E-state index in [-0.39, 0.29) is 17.9 Å². The van der Waals surface area contributed by atoms with Crippen LogP contribution >= 0.6 is 0 Å². The van der Waals surface area contributed by atoms with Crippen LogP contribution in [-0.4, -0.2) is 34.7 Å². The summed E-state index contributed by atoms with van der Waals surface area (Å²) in [5.41, 5.74) is 1.33. The summed E-state index contributed by atoms with van der Waals surface area (Å²) in [4.78, 5) is 18.8. The van der Waals surface area contributed by atoms with Crippen molar-refractivity contribution in [1.82, 2.24) is 15.0 Å². The van der Waals surface area contributed by atoms with Gasteiger partial charge in [0.25, 0.3) is 0 Å². The first-order valence-electron chi connectivity index (χ1n) is 8.95. The number of benzene rings is 2. The van der Waals surface area contributed by atoms with Gasteiger partial charge in [-0.1, -0.05) is 5.16 Å². The van der Waals surface area contributed by atoms with E-state index < -0.39 is 0 Å². The number of aromatic nitrogens is 2. The molecule has 1 aliphatic rings. The lowest BCUT2D eigenvalue weighted by Crippen LogP contribution is -2.34. The molecule has 4 rings (SSSR count). The summed E-state index contributed by atoms with van der Waals surface area (Å²) < 4.78 is 23.6. The van der Waals surface area contributed by atoms with Crippen molar-refractivity contribution < 1.29 is 18.4 Å². The Kier molecular flexibility index (Phi) is 4.92. The molecule has 0 saturated carbocycles. The molecular formula is C20H19FN4O3. The van der Waals surface area contributed by atoms with E-state index in [1.165, 1.54) is 12.1 Å². The van der Waals surface area contributed by atoms with Crippen LogP contribution in [0, 0.1) is 5.82 Å². The van der Waals surface area contributed by atoms with Gasteiger partial charge in [-0.25, -0.2) is 9.18 Å². The van der Waals surface area contributed by atoms with Crippen molar-refractivity contribution in [2.45, 2.75) is 18.9 Å². The third-order valence-corrected chi connectivity index (χ3v) is 4.68. The van der Waals surface area contributed by atoms with Crippen LogP contribution in [0.15, 0.2) is 53.1 Å². The number of anilines is 1. The van der Waals surface area contributed by atoms with E-state index in [2.05, 4.69) is 15.5 Å². The molecule has 3 aromatic rings. The zero-order valence-electron chi connectivity index (χ0n) is 15.3. The molecule has 1 atom stereocenters. The maximum Gasteiger partial charge on any atom is 0.322 e. The highest BCUT2D eigenvalue weighted by atomic mass is 19.1. The minimum absolute atomic E-state index is 0.228. The molecule has 1 N–H and O–H groups in total. The maximum atomic E-state index is 13.1. The average molecular weight is 382 g/mol. The first-order chi connectivity index (χ1) is 13.6. The van der Waals surface area contributed by atoms with Gasteiger partial charge in [-0.05, 0) is 61.4 Å². The van der Waals surface area contributed by atoms with Crippen LogP contribution in [0.2, 0.25) is 0 Å². The van der Waals surface area contributed by atoms with Gasteiger partial charge in [0.1, 0.15) is 17.6 Å². The average Bonchev–Trinajstić information content (AvgIpc) is 3.38. The first kappa shape index (κ1) is 18.0. The molecule has 1 aliphatic heterocycles. The number of nitrogens with zero attached hydrogens (tertiary/aromatic N) is 3. The lowest BCUT2D eigenvalue weighted by molar-refractivity contribution is 0.193. The van der Waals surface area contributed by atoms with Gasteiger partial charge in [0.05, 0.1) is 7.11 Å². The van der Waals surface area contributed by atoms with E-state index in [1.54, 1.807) is 48.4 Å². The summed E-state index contributed by atoms with van der Waals surface area (Å²) in [5.74, 6) is 1.14. The van der Waals surface area contributed by atoms with Gasteiger partial charge in [-0.3, -0.25) is 0 Å². The van der Waals surface area contributed by atoms with Crippen molar-refractivity contribution in [1.29, 1.82) is 0 Å². The zero-order chi connectivity index (χ0) is 19.5. The molecule has 0 bridgehead atoms. The lowest BCUT2D eigenvalue weighted by atomic mass is 10.2. The molecule has 2 heterocycles. The number of nitrogens with one attached hydrogen (secondary N) is 1. The van der Waals surface area contributed by atoms with Crippen molar-refractivity contribution in [3.05, 3.63) is 60.2 Å². The van der Waals surface area contributed by atoms with Crippen molar-refractivity contribution >= 4 is 11.7 Å². The Hall–Kier alpha value is -3.42. The van der Waals surface area contributed by atoms with Crippen molar-refractivity contribution in [2.24, 2.45) is 0 Å². The first-order valence-corrected chi connectivity index (χ1v) is 8.95. The predicted molar refractivity (Wildman–Crippen MR) is 100 cm³/mol. The van der Waals surface area contributed by atoms with E-state index in [0.29, 0.717) is 29.5 Å². The number of urea groups is 1. The Labute approximate surface area is 161 Å². The van der Waals surface area contributed by atoms with Crippen LogP contribution in [0.5, 0.6) is 5.75 Å². The third kappa shape index (κ3) is 3.66. The highest BCUT2D eigenvalue weighted by Crippen LogP contribution is 2.32. The number of rotatable bonds is 4. The minimum Gasteiger partial charge on any atom is -0.497 e. The van der Waals surface area contributed by atoms with Crippen LogP contribution < -0.4 is 10.1 Å². The van der Waals surface area contributed by atoms with E-state index in [0.717, 1.165) is 18.6 Å². The number of ether oxygens (including phenoxy) is 1. The molecule has 2 amide bonds. The Morgan fingerprint density at radius 1 is 1.21 bits per heavy atom. The van der Waals surface area contributed by atoms with Crippen LogP contribution in [0.25, 0.3) is 11.4 Å². The topological polar surface area (TPSA) is 80.5 Å². The second-order valence-corrected chi connectivity index (χ2v) is 6.47. The number of methoxy groups -OCH3 is 1. The monoisotopic (exact) mass is 382 g/mol. The van der Waals surface area contributed by atoms with E-state index in [4.69, 9.17) is 9.26 Å². The number of carbonyl (C=O) groups is 1. The standard InChI is InChI=1S/C20H19FN4O3/c1-27-16-10-8-15(9-11-16)22-20(26)25-12-2-3-17(25)19-23-18(24-28-19)13-4-6-14(21)7-5-13/h4-11,17H,2-3,12H2,1H3,(H,22,26). The summed E-state index contributed by atoms with van der Waals surface area (Å²) in [6.45, 7) is 0.598. The second-order valence-electron chi connectivity index (χ2n) is 6.47. The lowest BCUT2D eigenvalue weighted by Gasteiger charge is -2.22. The molecular weight excluding hydrogens is 363 g/mol. The summed E-state index contributed by atoms with van der Waals surface area (Å²) in [6.07, 6.45) is 1.58. The van der Waals surface area contributed by atoms with Gasteiger partial charge < -0.3 is 19.5 Å². The minimum atomic E-state index is -0.329. The maximum absolute atomic E-state index is 13.1. The molecule has 2 aromatic carbocycles. The highest BCUT2D eigenvalue weighted by Gasteiger charge is 2.34. The van der Waals surface area contributed by atoms with Gasteiger partial charge in [-0.2, -0.15) is 4.98 Å². The predicted octanol–water partition coefficient (Wildman–Crippen LogP) is 4.25. The number of amides is 2. The number of halogens is 1. The highest BCUT2D eigenvalue weighted by molar-refractivity contribution is 5.89. The molecule has 0 aliphatic carbocycles. The molecule has 144 valence electrons. The van der Waals surface area contributed by atoms with Crippen LogP contribution in [0.3, 0.4) is 0 Å². The smallest absolute Gasteiger partial charge is 0.322 e. The molecule has 0 radical (unpaired) electrons. The van der Waals surface area contributed by atoms with Crippen molar-refractivity contribution in [2.75, 3.05) is 19.0 Å². The van der Waals surface area contributed by atoms with E-state index in [9.17, 15) is 9.18 Å². The Balaban J connectivity index is 1.48. The van der Waals surface area contributed by atoms with Crippen LogP contribution in [0.4, 0.5) is 14.9 Å². The molecule has 1 unspecified atom stereocenters. The number of carbonyl (C=O) groups excluding carboxylic acids is 1. The van der Waals surface area contributed by atoms with Crippen LogP contribution in [0.1, 0.15) is 24.8 Å². The van der Waals surface area contributed by atoms with E-state index >= 15 is 0 Å². The van der Waals surface area contributed by atoms with Gasteiger partial charge in [0, 0.05) is 17.8 Å². The molecule has 1 fully saturated rings. The molecule has 8 heteroatoms. The van der Waals surface area contributed by atoms with Gasteiger partial charge in [-0.15, -0.1) is 0 Å². The summed E-state index contributed by atoms with van der Waals surface area (Å²) >= 11 is 0. The Morgan fingerprint density at radius 2 is 1.96 bits per heavy atom. The van der Waals surface area contributed by atoms with Crippen LogP contribution in [-0.2, 0) is 0 Å². The van der Waals surface area contributed by atoms with Gasteiger partial charge in [0.2, 0.25) is 11.7 Å². The SMILES string of the molecule is COc1ccc(NC(=O)N2CCCC2c2nc(-c3ccc(F)cc3)no2)cc1. The third-order valence-electron chi connectivity index (χ3n) is 4.68. The Morgan fingerprint density at radius 3 is 2.68 bits per heavy atom. The fourth-order valence-electron chi connectivity index (χ4n) is 3.22. The zero-order valence-corrected chi connectivity index (χ0v) is 15.3. The molecule has 7 nitrogen and oxygen atoms in total. The number of hydrogen-bond acceptors (Lipinski definition) is 5. The fraction of sp³-hybridized carbons (Fsp3) is 0.250. The molecule has 1 aromatic heterocycles. The quantitative estimate of drug-likeness (QED) is 0.729. The molecule has 0 spiro atoms. The fourth-order valence-corrected chi connectivity index (χ4v) is 3.22. The van der Waals surface area contributed by atoms with E-state index in [1.807, 2.05) is 0 Å². The number of hydrogen-bond donors (Lipinski definition) is 1. The summed E-state index contributed by atoms with van der Waals surface area (Å²) in [5, 5.41) is 6.86. The van der Waals surface area contributed by atoms with Crippen molar-refractivity contribution in [3.8, 4) is 17.1 Å². The summed E-state index contributed by atoms with van der Waals surface area (Å²) in [7, 11) is 1.59. The largest absolute Gasteiger partial charge is 0.497 e. The molecule has 28 heavy (non-hydrogen) atoms. The second kappa shape index (κ2) is 7.67. The number of likely N-dealkylation sites (tertiary alicyclic amines) is 1. The van der Waals surface area contributed by atoms with Gasteiger partial charge >= 0.3 is 6.03 Å². The normalized spacial score (nSPS) is 16.2. The Bertz CT molecular complexity index is 956. The molecule has 1 saturated heterocycles. The summed E-state index contributed by atoms with van der Waals surface area (Å²) in [6, 6.07) is 12.5. The van der Waals surface area contributed by atoms with Gasteiger partial charge in [0.15, 0.2) is 0 Å².